The molecule has 1 aliphatic rings. The minimum Gasteiger partial charge on any atom is -0.483 e. The quantitative estimate of drug-likeness (QED) is 0.0719. The highest BCUT2D eigenvalue weighted by molar-refractivity contribution is 7.97. The van der Waals surface area contributed by atoms with Crippen LogP contribution in [0.15, 0.2) is 118 Å². The van der Waals surface area contributed by atoms with Crippen molar-refractivity contribution in [1.29, 1.82) is 0 Å². The highest BCUT2D eigenvalue weighted by Crippen LogP contribution is 2.39. The summed E-state index contributed by atoms with van der Waals surface area (Å²) >= 11 is 0. The fourth-order valence-corrected chi connectivity index (χ4v) is 7.43. The van der Waals surface area contributed by atoms with E-state index in [-0.39, 0.29) is 11.2 Å². The van der Waals surface area contributed by atoms with Crippen LogP contribution in [0.25, 0.3) is 6.08 Å². The summed E-state index contributed by atoms with van der Waals surface area (Å²) in [7, 11) is -6.41. The van der Waals surface area contributed by atoms with Crippen molar-refractivity contribution in [3.8, 4) is 11.5 Å². The molecule has 5 rings (SSSR count). The second kappa shape index (κ2) is 14.0. The minimum atomic E-state index is -5.68. The topological polar surface area (TPSA) is 108 Å². The van der Waals surface area contributed by atoms with E-state index in [0.29, 0.717) is 24.5 Å². The summed E-state index contributed by atoms with van der Waals surface area (Å²) in [4.78, 5) is 15.3. The number of hydrogen-bond donors (Lipinski definition) is 1. The molecule has 8 nitrogen and oxygen atoms in total. The van der Waals surface area contributed by atoms with E-state index < -0.39 is 44.1 Å². The molecule has 0 amide bonds. The van der Waals surface area contributed by atoms with Gasteiger partial charge in [-0.3, -0.25) is 4.55 Å². The fraction of sp³-hybridized carbons (Fsp3) is 0.270. The second-order valence-corrected chi connectivity index (χ2v) is 16.0. The predicted octanol–water partition coefficient (Wildman–Crippen LogP) is 8.14. The molecule has 1 saturated heterocycles. The standard InChI is InChI=1S/C37H36F2O8S2/c1-6-26-7-9-27(10-8-26)34(40)47-30-15-21-33(22-16-30)48(31-17-11-28(12-18-31)36(5)44-23-35(3,4)24-45-36)32-19-13-29(14-20-32)46-25(2)37(38,39)49(41,42)43/h6-22,25H,1,23-24H2,2-5H3/p+1. The summed E-state index contributed by atoms with van der Waals surface area (Å²) in [6, 6.07) is 28.1. The highest BCUT2D eigenvalue weighted by atomic mass is 32.2. The first-order chi connectivity index (χ1) is 23.0. The van der Waals surface area contributed by atoms with E-state index in [1.807, 2.05) is 43.3 Å². The van der Waals surface area contributed by atoms with E-state index in [9.17, 15) is 22.0 Å². The number of carbonyl (C=O) groups is 1. The summed E-state index contributed by atoms with van der Waals surface area (Å²) in [5.74, 6) is -1.08. The molecule has 258 valence electrons. The zero-order valence-corrected chi connectivity index (χ0v) is 29.0. The van der Waals surface area contributed by atoms with Crippen LogP contribution in [-0.4, -0.2) is 43.5 Å². The second-order valence-electron chi connectivity index (χ2n) is 12.5. The molecule has 1 fully saturated rings. The van der Waals surface area contributed by atoms with Crippen molar-refractivity contribution in [3.63, 3.8) is 0 Å². The number of rotatable bonds is 11. The van der Waals surface area contributed by atoms with E-state index in [2.05, 4.69) is 20.4 Å². The Labute approximate surface area is 287 Å². The van der Waals surface area contributed by atoms with E-state index in [1.165, 1.54) is 12.1 Å². The van der Waals surface area contributed by atoms with Crippen molar-refractivity contribution in [1.82, 2.24) is 0 Å². The predicted molar refractivity (Wildman–Crippen MR) is 183 cm³/mol. The van der Waals surface area contributed by atoms with E-state index >= 15 is 0 Å². The number of hydrogen-bond acceptors (Lipinski definition) is 7. The van der Waals surface area contributed by atoms with Crippen LogP contribution in [0.5, 0.6) is 11.5 Å². The number of halogens is 2. The molecule has 1 N–H and O–H groups in total. The molecule has 4 aromatic carbocycles. The Hall–Kier alpha value is -4.07. The number of esters is 1. The molecule has 0 saturated carbocycles. The zero-order valence-electron chi connectivity index (χ0n) is 27.4. The van der Waals surface area contributed by atoms with E-state index in [0.717, 1.165) is 32.7 Å². The third-order valence-corrected chi connectivity index (χ3v) is 11.2. The lowest BCUT2D eigenvalue weighted by Crippen LogP contribution is -2.43. The Morgan fingerprint density at radius 1 is 0.857 bits per heavy atom. The van der Waals surface area contributed by atoms with Crippen LogP contribution in [0, 0.1) is 5.41 Å². The molecule has 0 aromatic heterocycles. The van der Waals surface area contributed by atoms with Crippen molar-refractivity contribution in [2.45, 2.75) is 59.5 Å². The zero-order chi connectivity index (χ0) is 35.6. The van der Waals surface area contributed by atoms with Gasteiger partial charge in [0.05, 0.1) is 29.7 Å². The van der Waals surface area contributed by atoms with Crippen molar-refractivity contribution < 1.29 is 45.5 Å². The molecule has 2 unspecified atom stereocenters. The van der Waals surface area contributed by atoms with Crippen molar-refractivity contribution in [2.24, 2.45) is 5.41 Å². The van der Waals surface area contributed by atoms with E-state index in [1.54, 1.807) is 54.6 Å². The number of carbonyl (C=O) groups excluding carboxylic acids is 1. The molecule has 49 heavy (non-hydrogen) atoms. The van der Waals surface area contributed by atoms with Gasteiger partial charge in [0.2, 0.25) is 0 Å². The maximum Gasteiger partial charge on any atom is 0.405 e. The van der Waals surface area contributed by atoms with Crippen LogP contribution in [-0.2, 0) is 36.3 Å². The van der Waals surface area contributed by atoms with Gasteiger partial charge in [0, 0.05) is 11.0 Å². The lowest BCUT2D eigenvalue weighted by molar-refractivity contribution is -0.298. The molecule has 0 radical (unpaired) electrons. The third kappa shape index (κ3) is 8.22. The van der Waals surface area contributed by atoms with Gasteiger partial charge < -0.3 is 18.9 Å². The normalized spacial score (nSPS) is 17.0. The van der Waals surface area contributed by atoms with Gasteiger partial charge in [-0.2, -0.15) is 17.2 Å². The lowest BCUT2D eigenvalue weighted by Gasteiger charge is -2.41. The third-order valence-electron chi connectivity index (χ3n) is 7.93. The van der Waals surface area contributed by atoms with Gasteiger partial charge in [0.25, 0.3) is 0 Å². The maximum atomic E-state index is 14.1. The molecule has 1 aliphatic heterocycles. The molecule has 1 heterocycles. The van der Waals surface area contributed by atoms with Crippen LogP contribution < -0.4 is 9.47 Å². The molecule has 0 aliphatic carbocycles. The van der Waals surface area contributed by atoms with Crippen molar-refractivity contribution in [3.05, 3.63) is 120 Å². The Morgan fingerprint density at radius 2 is 1.33 bits per heavy atom. The van der Waals surface area contributed by atoms with Gasteiger partial charge >= 0.3 is 21.3 Å². The minimum absolute atomic E-state index is 0.00991. The van der Waals surface area contributed by atoms with E-state index in [4.69, 9.17) is 23.5 Å². The summed E-state index contributed by atoms with van der Waals surface area (Å²) in [6.07, 6.45) is -0.467. The first kappa shape index (κ1) is 36.2. The highest BCUT2D eigenvalue weighted by Gasteiger charge is 2.51. The largest absolute Gasteiger partial charge is 0.483 e. The number of ether oxygens (including phenoxy) is 4. The SMILES string of the molecule is C=Cc1ccc(C(=O)Oc2ccc([S+](c3ccc(OC(C)C(F)(F)S(=O)(=O)O)cc3)c3ccc(C4(C)OCC(C)(C)CO4)cc3)cc2)cc1. The van der Waals surface area contributed by atoms with Crippen molar-refractivity contribution >= 4 is 33.1 Å². The first-order valence-corrected chi connectivity index (χ1v) is 18.0. The van der Waals surface area contributed by atoms with Gasteiger partial charge in [-0.05, 0) is 104 Å². The maximum absolute atomic E-state index is 14.1. The van der Waals surface area contributed by atoms with Gasteiger partial charge in [-0.15, -0.1) is 0 Å². The average molecular weight is 712 g/mol. The van der Waals surface area contributed by atoms with Crippen LogP contribution in [0.3, 0.4) is 0 Å². The molecule has 4 aromatic rings. The molecule has 0 spiro atoms. The van der Waals surface area contributed by atoms with Gasteiger partial charge in [0.15, 0.2) is 26.6 Å². The lowest BCUT2D eigenvalue weighted by atomic mass is 9.94. The van der Waals surface area contributed by atoms with Crippen molar-refractivity contribution in [2.75, 3.05) is 13.2 Å². The summed E-state index contributed by atoms with van der Waals surface area (Å²) in [6.45, 7) is 11.7. The Morgan fingerprint density at radius 3 is 1.80 bits per heavy atom. The molecule has 12 heteroatoms. The van der Waals surface area contributed by atoms with Crippen LogP contribution in [0.4, 0.5) is 8.78 Å². The van der Waals surface area contributed by atoms with Crippen LogP contribution >= 0.6 is 0 Å². The number of alkyl halides is 2. The van der Waals surface area contributed by atoms with Crippen LogP contribution in [0.2, 0.25) is 0 Å². The summed E-state index contributed by atoms with van der Waals surface area (Å²) in [5, 5.41) is -4.50. The molecule has 2 atom stereocenters. The molecule has 0 bridgehead atoms. The Kier molecular flexibility index (Phi) is 10.4. The van der Waals surface area contributed by atoms with Crippen LogP contribution in [0.1, 0.15) is 49.2 Å². The van der Waals surface area contributed by atoms with Gasteiger partial charge in [-0.25, -0.2) is 4.79 Å². The smallest absolute Gasteiger partial charge is 0.405 e. The Bertz CT molecular complexity index is 1880. The first-order valence-electron chi connectivity index (χ1n) is 15.3. The summed E-state index contributed by atoms with van der Waals surface area (Å²) in [5.41, 5.74) is 2.01. The van der Waals surface area contributed by atoms with Gasteiger partial charge in [-0.1, -0.05) is 38.6 Å². The Balaban J connectivity index is 1.43. The molecular formula is C37H37F2O8S2+. The molecular weight excluding hydrogens is 675 g/mol. The fourth-order valence-electron chi connectivity index (χ4n) is 4.92. The summed E-state index contributed by atoms with van der Waals surface area (Å²) < 4.78 is 82.6. The average Bonchev–Trinajstić information content (AvgIpc) is 3.07. The monoisotopic (exact) mass is 711 g/mol. The number of benzene rings is 4. The van der Waals surface area contributed by atoms with Gasteiger partial charge in [0.1, 0.15) is 11.5 Å².